The van der Waals surface area contributed by atoms with E-state index in [1.165, 1.54) is 0 Å². The van der Waals surface area contributed by atoms with Crippen LogP contribution in [-0.2, 0) is 0 Å². The molecule has 0 fully saturated rings. The maximum atomic E-state index is 8.58. The number of aromatic nitrogens is 2. The third-order valence-corrected chi connectivity index (χ3v) is 1.68. The Balaban J connectivity index is 2.92. The molecule has 0 aromatic carbocycles. The number of aryl methyl sites for hydroxylation is 1. The van der Waals surface area contributed by atoms with Crippen molar-refractivity contribution in [1.82, 2.24) is 9.97 Å². The van der Waals surface area contributed by atoms with Gasteiger partial charge in [-0.05, 0) is 18.5 Å². The van der Waals surface area contributed by atoms with Crippen molar-refractivity contribution in [3.05, 3.63) is 11.0 Å². The Morgan fingerprint density at radius 1 is 1.54 bits per heavy atom. The monoisotopic (exact) mass is 202 g/mol. The first-order valence-corrected chi connectivity index (χ1v) is 4.17. The Hall–Kier alpha value is -1.07. The van der Waals surface area contributed by atoms with Gasteiger partial charge in [0, 0.05) is 6.54 Å². The number of hydrogen-bond acceptors (Lipinski definition) is 5. The van der Waals surface area contributed by atoms with Gasteiger partial charge in [-0.3, -0.25) is 0 Å². The Kier molecular flexibility index (Phi) is 3.27. The fourth-order valence-corrected chi connectivity index (χ4v) is 1.07. The van der Waals surface area contributed by atoms with Crippen LogP contribution >= 0.6 is 11.6 Å². The Bertz CT molecular complexity index is 305. The van der Waals surface area contributed by atoms with Gasteiger partial charge in [-0.25, -0.2) is 4.98 Å². The van der Waals surface area contributed by atoms with Crippen LogP contribution in [0.15, 0.2) is 0 Å². The molecule has 0 saturated carbocycles. The van der Waals surface area contributed by atoms with Crippen LogP contribution < -0.4 is 11.1 Å². The van der Waals surface area contributed by atoms with E-state index in [9.17, 15) is 0 Å². The number of halogens is 1. The summed E-state index contributed by atoms with van der Waals surface area (Å²) in [5, 5.41) is 11.6. The van der Waals surface area contributed by atoms with Crippen molar-refractivity contribution < 1.29 is 5.11 Å². The van der Waals surface area contributed by atoms with Crippen LogP contribution in [-0.4, -0.2) is 28.2 Å². The molecular weight excluding hydrogens is 192 g/mol. The van der Waals surface area contributed by atoms with Gasteiger partial charge in [-0.15, -0.1) is 0 Å². The van der Waals surface area contributed by atoms with Crippen LogP contribution in [0, 0.1) is 6.92 Å². The quantitative estimate of drug-likeness (QED) is 0.619. The molecular formula is C7H11ClN4O. The third-order valence-electron chi connectivity index (χ3n) is 1.51. The number of nitrogen functional groups attached to an aromatic ring is 1. The molecule has 0 radical (unpaired) electrons. The summed E-state index contributed by atoms with van der Waals surface area (Å²) in [6, 6.07) is 0. The zero-order valence-corrected chi connectivity index (χ0v) is 7.97. The highest BCUT2D eigenvalue weighted by Crippen LogP contribution is 2.19. The van der Waals surface area contributed by atoms with Crippen molar-refractivity contribution in [3.63, 3.8) is 0 Å². The topological polar surface area (TPSA) is 84.1 Å². The molecule has 0 spiro atoms. The Morgan fingerprint density at radius 2 is 2.23 bits per heavy atom. The van der Waals surface area contributed by atoms with E-state index < -0.39 is 0 Å². The van der Waals surface area contributed by atoms with Crippen LogP contribution in [0.25, 0.3) is 0 Å². The Morgan fingerprint density at radius 3 is 2.85 bits per heavy atom. The molecule has 0 bridgehead atoms. The highest BCUT2D eigenvalue weighted by molar-refractivity contribution is 6.28. The molecule has 1 aromatic heterocycles. The smallest absolute Gasteiger partial charge is 0.224 e. The lowest BCUT2D eigenvalue weighted by Crippen LogP contribution is -2.11. The number of nitrogens with one attached hydrogen (secondary N) is 1. The van der Waals surface area contributed by atoms with Crippen molar-refractivity contribution in [2.24, 2.45) is 0 Å². The second-order valence-electron chi connectivity index (χ2n) is 2.49. The number of nitrogens with two attached hydrogens (primary N) is 1. The van der Waals surface area contributed by atoms with Crippen LogP contribution in [0.5, 0.6) is 0 Å². The summed E-state index contributed by atoms with van der Waals surface area (Å²) in [5.74, 6) is 0.464. The van der Waals surface area contributed by atoms with Crippen molar-refractivity contribution >= 4 is 23.1 Å². The number of aliphatic hydroxyl groups excluding tert-OH is 1. The van der Waals surface area contributed by atoms with Crippen LogP contribution in [0.2, 0.25) is 5.28 Å². The molecule has 0 aliphatic rings. The minimum atomic E-state index is 0.0140. The standard InChI is InChI=1S/C7H11ClN4O/c1-4-5(9)6(10-2-3-13)12-7(8)11-4/h13H,2-3,9H2,1H3,(H,10,11,12). The van der Waals surface area contributed by atoms with E-state index >= 15 is 0 Å². The first-order chi connectivity index (χ1) is 6.15. The fourth-order valence-electron chi connectivity index (χ4n) is 0.857. The zero-order chi connectivity index (χ0) is 9.84. The molecule has 1 aromatic rings. The Labute approximate surface area is 81.0 Å². The molecule has 0 saturated heterocycles. The zero-order valence-electron chi connectivity index (χ0n) is 7.21. The van der Waals surface area contributed by atoms with Gasteiger partial charge in [0.25, 0.3) is 0 Å². The molecule has 0 atom stereocenters. The number of hydrogen-bond donors (Lipinski definition) is 3. The average molecular weight is 203 g/mol. The van der Waals surface area contributed by atoms with Gasteiger partial charge in [0.1, 0.15) is 0 Å². The molecule has 4 N–H and O–H groups in total. The molecule has 1 rings (SSSR count). The fraction of sp³-hybridized carbons (Fsp3) is 0.429. The number of anilines is 2. The van der Waals surface area contributed by atoms with Crippen LogP contribution in [0.1, 0.15) is 5.69 Å². The summed E-state index contributed by atoms with van der Waals surface area (Å²) in [6.45, 7) is 2.14. The predicted octanol–water partition coefficient (Wildman–Crippen LogP) is 0.425. The van der Waals surface area contributed by atoms with Gasteiger partial charge in [0.2, 0.25) is 5.28 Å². The molecule has 0 amide bonds. The number of rotatable bonds is 3. The van der Waals surface area contributed by atoms with E-state index in [2.05, 4.69) is 15.3 Å². The number of nitrogens with zero attached hydrogens (tertiary/aromatic N) is 2. The molecule has 0 aliphatic heterocycles. The van der Waals surface area contributed by atoms with Gasteiger partial charge >= 0.3 is 0 Å². The summed E-state index contributed by atoms with van der Waals surface area (Å²) < 4.78 is 0. The molecule has 13 heavy (non-hydrogen) atoms. The highest BCUT2D eigenvalue weighted by atomic mass is 35.5. The minimum absolute atomic E-state index is 0.0140. The first kappa shape index (κ1) is 10.0. The maximum absolute atomic E-state index is 8.58. The minimum Gasteiger partial charge on any atom is -0.395 e. The summed E-state index contributed by atoms with van der Waals surface area (Å²) in [5.41, 5.74) is 6.75. The van der Waals surface area contributed by atoms with Crippen molar-refractivity contribution in [3.8, 4) is 0 Å². The summed E-state index contributed by atoms with van der Waals surface area (Å²) in [7, 11) is 0. The normalized spacial score (nSPS) is 10.1. The average Bonchev–Trinajstić information content (AvgIpc) is 2.09. The molecule has 1 heterocycles. The SMILES string of the molecule is Cc1nc(Cl)nc(NCCO)c1N. The summed E-state index contributed by atoms with van der Waals surface area (Å²) >= 11 is 5.62. The lowest BCUT2D eigenvalue weighted by Gasteiger charge is -2.08. The van der Waals surface area contributed by atoms with E-state index in [1.54, 1.807) is 6.92 Å². The molecule has 72 valence electrons. The van der Waals surface area contributed by atoms with E-state index in [4.69, 9.17) is 22.4 Å². The van der Waals surface area contributed by atoms with E-state index in [0.717, 1.165) is 0 Å². The molecule has 6 heteroatoms. The first-order valence-electron chi connectivity index (χ1n) is 3.79. The van der Waals surface area contributed by atoms with Gasteiger partial charge < -0.3 is 16.2 Å². The van der Waals surface area contributed by atoms with Crippen molar-refractivity contribution in [1.29, 1.82) is 0 Å². The lowest BCUT2D eigenvalue weighted by atomic mass is 10.3. The largest absolute Gasteiger partial charge is 0.395 e. The maximum Gasteiger partial charge on any atom is 0.224 e. The summed E-state index contributed by atoms with van der Waals surface area (Å²) in [6.07, 6.45) is 0. The van der Waals surface area contributed by atoms with Crippen LogP contribution in [0.4, 0.5) is 11.5 Å². The van der Waals surface area contributed by atoms with E-state index in [1.807, 2.05) is 0 Å². The van der Waals surface area contributed by atoms with E-state index in [0.29, 0.717) is 23.7 Å². The summed E-state index contributed by atoms with van der Waals surface area (Å²) in [4.78, 5) is 7.75. The lowest BCUT2D eigenvalue weighted by molar-refractivity contribution is 0.311. The molecule has 0 unspecified atom stereocenters. The number of aliphatic hydroxyl groups is 1. The van der Waals surface area contributed by atoms with Crippen molar-refractivity contribution in [2.45, 2.75) is 6.92 Å². The highest BCUT2D eigenvalue weighted by Gasteiger charge is 2.06. The molecule has 0 aliphatic carbocycles. The second-order valence-corrected chi connectivity index (χ2v) is 2.83. The molecule has 5 nitrogen and oxygen atoms in total. The van der Waals surface area contributed by atoms with Gasteiger partial charge in [-0.1, -0.05) is 0 Å². The second kappa shape index (κ2) is 4.25. The van der Waals surface area contributed by atoms with Gasteiger partial charge in [0.05, 0.1) is 18.0 Å². The van der Waals surface area contributed by atoms with Gasteiger partial charge in [0.15, 0.2) is 5.82 Å². The predicted molar refractivity (Wildman–Crippen MR) is 51.8 cm³/mol. The van der Waals surface area contributed by atoms with Crippen LogP contribution in [0.3, 0.4) is 0 Å². The van der Waals surface area contributed by atoms with E-state index in [-0.39, 0.29) is 11.9 Å². The van der Waals surface area contributed by atoms with Crippen molar-refractivity contribution in [2.75, 3.05) is 24.2 Å². The van der Waals surface area contributed by atoms with Gasteiger partial charge in [-0.2, -0.15) is 4.98 Å². The third kappa shape index (κ3) is 2.43.